The Kier molecular flexibility index (Phi) is 3.55. The van der Waals surface area contributed by atoms with Gasteiger partial charge in [0.05, 0.1) is 16.8 Å². The number of hydrogen-bond acceptors (Lipinski definition) is 7. The Morgan fingerprint density at radius 3 is 2.74 bits per heavy atom. The third kappa shape index (κ3) is 2.76. The Hall–Kier alpha value is -2.71. The van der Waals surface area contributed by atoms with E-state index in [1.807, 2.05) is 6.92 Å². The summed E-state index contributed by atoms with van der Waals surface area (Å²) in [7, 11) is 1.75. The molecule has 100 valence electrons. The lowest BCUT2D eigenvalue weighted by Gasteiger charge is -2.07. The number of rotatable bonds is 5. The smallest absolute Gasteiger partial charge is 0.353 e. The van der Waals surface area contributed by atoms with Crippen LogP contribution in [0.4, 0.5) is 23.0 Å². The highest BCUT2D eigenvalue weighted by Crippen LogP contribution is 2.30. The van der Waals surface area contributed by atoms with Crippen molar-refractivity contribution in [3.05, 3.63) is 28.8 Å². The van der Waals surface area contributed by atoms with Crippen LogP contribution < -0.4 is 10.6 Å². The Morgan fingerprint density at radius 1 is 1.42 bits per heavy atom. The van der Waals surface area contributed by atoms with Crippen LogP contribution in [-0.4, -0.2) is 31.2 Å². The average molecular weight is 263 g/mol. The van der Waals surface area contributed by atoms with Crippen LogP contribution in [0, 0.1) is 10.1 Å². The van der Waals surface area contributed by atoms with E-state index >= 15 is 0 Å². The van der Waals surface area contributed by atoms with Gasteiger partial charge in [0, 0.05) is 19.8 Å². The van der Waals surface area contributed by atoms with Crippen LogP contribution in [0.25, 0.3) is 0 Å². The molecule has 0 aliphatic heterocycles. The van der Waals surface area contributed by atoms with Crippen LogP contribution in [0.15, 0.2) is 18.7 Å². The molecule has 0 amide bonds. The summed E-state index contributed by atoms with van der Waals surface area (Å²) >= 11 is 0. The number of aromatic nitrogens is 4. The van der Waals surface area contributed by atoms with Gasteiger partial charge in [-0.2, -0.15) is 5.10 Å². The first kappa shape index (κ1) is 12.7. The highest BCUT2D eigenvalue weighted by molar-refractivity contribution is 5.73. The van der Waals surface area contributed by atoms with Crippen molar-refractivity contribution in [2.75, 3.05) is 17.2 Å². The molecule has 19 heavy (non-hydrogen) atoms. The van der Waals surface area contributed by atoms with Gasteiger partial charge in [-0.1, -0.05) is 0 Å². The molecule has 0 saturated heterocycles. The fourth-order valence-corrected chi connectivity index (χ4v) is 1.56. The average Bonchev–Trinajstić information content (AvgIpc) is 2.75. The first-order chi connectivity index (χ1) is 9.11. The van der Waals surface area contributed by atoms with Gasteiger partial charge in [0.15, 0.2) is 0 Å². The van der Waals surface area contributed by atoms with Gasteiger partial charge in [0.1, 0.15) is 6.33 Å². The van der Waals surface area contributed by atoms with Crippen molar-refractivity contribution in [1.82, 2.24) is 19.7 Å². The highest BCUT2D eigenvalue weighted by Gasteiger charge is 2.22. The van der Waals surface area contributed by atoms with Crippen molar-refractivity contribution >= 4 is 23.0 Å². The van der Waals surface area contributed by atoms with Gasteiger partial charge in [0.2, 0.25) is 11.6 Å². The molecule has 2 aromatic heterocycles. The highest BCUT2D eigenvalue weighted by atomic mass is 16.6. The molecule has 0 saturated carbocycles. The lowest BCUT2D eigenvalue weighted by atomic mass is 10.4. The molecule has 0 aliphatic carbocycles. The van der Waals surface area contributed by atoms with Gasteiger partial charge < -0.3 is 10.6 Å². The normalized spacial score (nSPS) is 10.2. The van der Waals surface area contributed by atoms with Crippen molar-refractivity contribution in [3.8, 4) is 0 Å². The molecule has 0 aliphatic rings. The molecule has 2 aromatic rings. The van der Waals surface area contributed by atoms with Gasteiger partial charge in [-0.25, -0.2) is 9.97 Å². The van der Waals surface area contributed by atoms with Crippen LogP contribution in [-0.2, 0) is 7.05 Å². The van der Waals surface area contributed by atoms with Crippen molar-refractivity contribution < 1.29 is 4.92 Å². The SMILES string of the molecule is CCNc1ncnc(Nc2cnn(C)c2)c1[N+](=O)[O-]. The zero-order valence-electron chi connectivity index (χ0n) is 10.5. The number of aryl methyl sites for hydroxylation is 1. The topological polar surface area (TPSA) is 111 Å². The van der Waals surface area contributed by atoms with E-state index in [-0.39, 0.29) is 17.3 Å². The summed E-state index contributed by atoms with van der Waals surface area (Å²) in [4.78, 5) is 18.4. The van der Waals surface area contributed by atoms with E-state index in [1.165, 1.54) is 6.33 Å². The zero-order valence-corrected chi connectivity index (χ0v) is 10.5. The summed E-state index contributed by atoms with van der Waals surface area (Å²) < 4.78 is 1.58. The molecule has 0 atom stereocenters. The van der Waals surface area contributed by atoms with Crippen LogP contribution >= 0.6 is 0 Å². The number of nitrogens with zero attached hydrogens (tertiary/aromatic N) is 5. The Morgan fingerprint density at radius 2 is 2.16 bits per heavy atom. The predicted octanol–water partition coefficient (Wildman–Crippen LogP) is 1.29. The zero-order chi connectivity index (χ0) is 13.8. The molecule has 0 spiro atoms. The van der Waals surface area contributed by atoms with E-state index in [9.17, 15) is 10.1 Å². The molecule has 2 N–H and O–H groups in total. The Balaban J connectivity index is 2.38. The first-order valence-electron chi connectivity index (χ1n) is 5.60. The van der Waals surface area contributed by atoms with Crippen LogP contribution in [0.1, 0.15) is 6.92 Å². The van der Waals surface area contributed by atoms with Crippen molar-refractivity contribution in [2.45, 2.75) is 6.92 Å². The van der Waals surface area contributed by atoms with E-state index in [1.54, 1.807) is 24.1 Å². The van der Waals surface area contributed by atoms with Gasteiger partial charge >= 0.3 is 5.69 Å². The van der Waals surface area contributed by atoms with E-state index in [0.29, 0.717) is 12.2 Å². The predicted molar refractivity (Wildman–Crippen MR) is 69.3 cm³/mol. The maximum Gasteiger partial charge on any atom is 0.353 e. The minimum atomic E-state index is -0.517. The molecule has 2 rings (SSSR count). The molecular formula is C10H13N7O2. The van der Waals surface area contributed by atoms with E-state index in [0.717, 1.165) is 0 Å². The molecule has 0 radical (unpaired) electrons. The molecule has 2 heterocycles. The lowest BCUT2D eigenvalue weighted by molar-refractivity contribution is -0.383. The van der Waals surface area contributed by atoms with Gasteiger partial charge in [-0.3, -0.25) is 14.8 Å². The summed E-state index contributed by atoms with van der Waals surface area (Å²) in [5.74, 6) is 0.317. The summed E-state index contributed by atoms with van der Waals surface area (Å²) in [5.41, 5.74) is 0.431. The van der Waals surface area contributed by atoms with E-state index in [2.05, 4.69) is 25.7 Å². The number of hydrogen-bond donors (Lipinski definition) is 2. The molecule has 0 unspecified atom stereocenters. The summed E-state index contributed by atoms with van der Waals surface area (Å²) in [5, 5.41) is 20.8. The minimum absolute atomic E-state index is 0.129. The van der Waals surface area contributed by atoms with Crippen LogP contribution in [0.2, 0.25) is 0 Å². The number of nitro groups is 1. The maximum absolute atomic E-state index is 11.1. The molecule has 0 bridgehead atoms. The fourth-order valence-electron chi connectivity index (χ4n) is 1.56. The Bertz CT molecular complexity index is 595. The monoisotopic (exact) mass is 263 g/mol. The molecule has 9 nitrogen and oxygen atoms in total. The molecule has 0 fully saturated rings. The Labute approximate surface area is 108 Å². The molecule has 0 aromatic carbocycles. The van der Waals surface area contributed by atoms with Crippen molar-refractivity contribution in [3.63, 3.8) is 0 Å². The summed E-state index contributed by atoms with van der Waals surface area (Å²) in [6.07, 6.45) is 4.52. The van der Waals surface area contributed by atoms with Crippen molar-refractivity contribution in [1.29, 1.82) is 0 Å². The second-order valence-electron chi connectivity index (χ2n) is 3.73. The fraction of sp³-hybridized carbons (Fsp3) is 0.300. The number of anilines is 3. The van der Waals surface area contributed by atoms with Gasteiger partial charge in [0.25, 0.3) is 0 Å². The van der Waals surface area contributed by atoms with E-state index in [4.69, 9.17) is 0 Å². The van der Waals surface area contributed by atoms with Crippen LogP contribution in [0.5, 0.6) is 0 Å². The minimum Gasteiger partial charge on any atom is -0.364 e. The molecule has 9 heteroatoms. The third-order valence-electron chi connectivity index (χ3n) is 2.32. The second kappa shape index (κ2) is 5.29. The third-order valence-corrected chi connectivity index (χ3v) is 2.32. The maximum atomic E-state index is 11.1. The van der Waals surface area contributed by atoms with Gasteiger partial charge in [-0.15, -0.1) is 0 Å². The standard InChI is InChI=1S/C10H13N7O2/c1-3-11-9-8(17(18)19)10(13-6-12-9)15-7-4-14-16(2)5-7/h4-6H,3H2,1-2H3,(H2,11,12,13,15). The second-order valence-corrected chi connectivity index (χ2v) is 3.73. The lowest BCUT2D eigenvalue weighted by Crippen LogP contribution is -2.07. The molecular weight excluding hydrogens is 250 g/mol. The summed E-state index contributed by atoms with van der Waals surface area (Å²) in [6.45, 7) is 2.37. The van der Waals surface area contributed by atoms with Gasteiger partial charge in [-0.05, 0) is 6.92 Å². The first-order valence-corrected chi connectivity index (χ1v) is 5.60. The number of nitrogens with one attached hydrogen (secondary N) is 2. The largest absolute Gasteiger partial charge is 0.364 e. The van der Waals surface area contributed by atoms with Crippen LogP contribution in [0.3, 0.4) is 0 Å². The quantitative estimate of drug-likeness (QED) is 0.617. The summed E-state index contributed by atoms with van der Waals surface area (Å²) in [6, 6.07) is 0. The van der Waals surface area contributed by atoms with E-state index < -0.39 is 4.92 Å². The van der Waals surface area contributed by atoms with Crippen molar-refractivity contribution in [2.24, 2.45) is 7.05 Å².